The van der Waals surface area contributed by atoms with Gasteiger partial charge in [-0.3, -0.25) is 0 Å². The molecule has 0 saturated heterocycles. The summed E-state index contributed by atoms with van der Waals surface area (Å²) in [6, 6.07) is 13.9. The van der Waals surface area contributed by atoms with Gasteiger partial charge in [0.15, 0.2) is 5.16 Å². The Hall–Kier alpha value is -1.69. The topological polar surface area (TPSA) is 39.9 Å². The number of hydrogen-bond donors (Lipinski definition) is 0. The molecule has 0 spiro atoms. The van der Waals surface area contributed by atoms with Crippen LogP contribution in [0.3, 0.4) is 0 Å². The summed E-state index contributed by atoms with van der Waals surface area (Å²) in [5, 5.41) is 10.9. The number of methoxy groups -OCH3 is 1. The lowest BCUT2D eigenvalue weighted by Gasteiger charge is -2.08. The molecule has 3 rings (SSSR count). The maximum absolute atomic E-state index is 6.10. The Morgan fingerprint density at radius 1 is 0.964 bits per heavy atom. The predicted molar refractivity (Wildman–Crippen MR) is 117 cm³/mol. The fraction of sp³-hybridized carbons (Fsp3) is 0.333. The number of aromatic nitrogens is 3. The van der Waals surface area contributed by atoms with Crippen LogP contribution in [-0.4, -0.2) is 21.9 Å². The maximum atomic E-state index is 6.10. The Balaban J connectivity index is 1.57. The zero-order valence-electron chi connectivity index (χ0n) is 16.0. The van der Waals surface area contributed by atoms with Crippen molar-refractivity contribution >= 4 is 35.0 Å². The van der Waals surface area contributed by atoms with Gasteiger partial charge in [-0.15, -0.1) is 10.2 Å². The minimum absolute atomic E-state index is 0.575. The van der Waals surface area contributed by atoms with E-state index in [4.69, 9.17) is 27.9 Å². The second-order valence-corrected chi connectivity index (χ2v) is 8.14. The van der Waals surface area contributed by atoms with Crippen LogP contribution in [0.2, 0.25) is 10.0 Å². The van der Waals surface area contributed by atoms with E-state index >= 15 is 0 Å². The number of halogens is 2. The van der Waals surface area contributed by atoms with Crippen molar-refractivity contribution in [2.45, 2.75) is 43.6 Å². The first-order valence-corrected chi connectivity index (χ1v) is 11.0. The summed E-state index contributed by atoms with van der Waals surface area (Å²) >= 11 is 13.8. The molecule has 148 valence electrons. The summed E-state index contributed by atoms with van der Waals surface area (Å²) in [4.78, 5) is 0. The molecule has 28 heavy (non-hydrogen) atoms. The molecule has 0 amide bonds. The number of rotatable bonds is 9. The van der Waals surface area contributed by atoms with Crippen LogP contribution in [0.15, 0.2) is 47.6 Å². The third-order valence-corrected chi connectivity index (χ3v) is 6.26. The molecule has 0 saturated carbocycles. The third-order valence-electron chi connectivity index (χ3n) is 4.49. The van der Waals surface area contributed by atoms with E-state index in [1.807, 2.05) is 30.3 Å². The molecule has 3 aromatic rings. The first kappa shape index (κ1) is 21.0. The number of benzene rings is 2. The van der Waals surface area contributed by atoms with Crippen molar-refractivity contribution in [3.05, 3.63) is 69.5 Å². The van der Waals surface area contributed by atoms with Gasteiger partial charge >= 0.3 is 0 Å². The minimum atomic E-state index is 0.575. The molecule has 0 N–H and O–H groups in total. The van der Waals surface area contributed by atoms with Crippen molar-refractivity contribution in [3.8, 4) is 5.75 Å². The summed E-state index contributed by atoms with van der Waals surface area (Å²) in [5.41, 5.74) is 2.42. The fourth-order valence-electron chi connectivity index (χ4n) is 2.95. The molecule has 0 atom stereocenters. The largest absolute Gasteiger partial charge is 0.497 e. The molecule has 1 heterocycles. The number of thioether (sulfide) groups is 1. The number of nitrogens with zero attached hydrogens (tertiary/aromatic N) is 3. The van der Waals surface area contributed by atoms with Crippen molar-refractivity contribution in [2.24, 2.45) is 0 Å². The molecule has 2 aromatic carbocycles. The van der Waals surface area contributed by atoms with Crippen molar-refractivity contribution in [1.82, 2.24) is 14.8 Å². The highest BCUT2D eigenvalue weighted by atomic mass is 35.5. The lowest BCUT2D eigenvalue weighted by Crippen LogP contribution is -2.04. The summed E-state index contributed by atoms with van der Waals surface area (Å²) in [6.07, 6.45) is 2.94. The lowest BCUT2D eigenvalue weighted by molar-refractivity contribution is 0.414. The Morgan fingerprint density at radius 2 is 1.71 bits per heavy atom. The lowest BCUT2D eigenvalue weighted by atomic mass is 10.1. The summed E-state index contributed by atoms with van der Waals surface area (Å²) in [7, 11) is 1.68. The van der Waals surface area contributed by atoms with Gasteiger partial charge in [-0.2, -0.15) is 0 Å². The number of aryl methyl sites for hydroxylation is 2. The van der Waals surface area contributed by atoms with Crippen LogP contribution in [0, 0.1) is 0 Å². The molecule has 0 radical (unpaired) electrons. The molecule has 4 nitrogen and oxygen atoms in total. The van der Waals surface area contributed by atoms with E-state index in [0.717, 1.165) is 53.9 Å². The van der Waals surface area contributed by atoms with E-state index in [1.165, 1.54) is 5.56 Å². The van der Waals surface area contributed by atoms with Crippen LogP contribution in [0.5, 0.6) is 5.75 Å². The predicted octanol–water partition coefficient (Wildman–Crippen LogP) is 6.08. The highest BCUT2D eigenvalue weighted by Crippen LogP contribution is 2.27. The average molecular weight is 436 g/mol. The van der Waals surface area contributed by atoms with Gasteiger partial charge in [-0.1, -0.05) is 53.2 Å². The van der Waals surface area contributed by atoms with Crippen molar-refractivity contribution < 1.29 is 4.74 Å². The van der Waals surface area contributed by atoms with Crippen molar-refractivity contribution in [1.29, 1.82) is 0 Å². The molecular weight excluding hydrogens is 413 g/mol. The Kier molecular flexibility index (Phi) is 7.65. The van der Waals surface area contributed by atoms with Crippen molar-refractivity contribution in [2.75, 3.05) is 7.11 Å². The summed E-state index contributed by atoms with van der Waals surface area (Å²) in [5.74, 6) is 2.70. The zero-order valence-corrected chi connectivity index (χ0v) is 18.3. The SMILES string of the molecule is CCn1c(CCCc2ccc(OC)cc2)nnc1SCc1ccc(Cl)c(Cl)c1. The van der Waals surface area contributed by atoms with Gasteiger partial charge in [-0.05, 0) is 55.2 Å². The Labute approximate surface area is 180 Å². The minimum Gasteiger partial charge on any atom is -0.497 e. The molecular formula is C21H23Cl2N3OS. The van der Waals surface area contributed by atoms with Crippen LogP contribution in [0.1, 0.15) is 30.3 Å². The molecule has 0 bridgehead atoms. The van der Waals surface area contributed by atoms with E-state index in [0.29, 0.717) is 10.0 Å². The molecule has 0 aliphatic carbocycles. The van der Waals surface area contributed by atoms with Crippen LogP contribution in [0.25, 0.3) is 0 Å². The first-order chi connectivity index (χ1) is 13.6. The quantitative estimate of drug-likeness (QED) is 0.381. The molecule has 7 heteroatoms. The van der Waals surface area contributed by atoms with E-state index < -0.39 is 0 Å². The second kappa shape index (κ2) is 10.2. The highest BCUT2D eigenvalue weighted by molar-refractivity contribution is 7.98. The van der Waals surface area contributed by atoms with E-state index in [2.05, 4.69) is 33.8 Å². The van der Waals surface area contributed by atoms with Crippen LogP contribution >= 0.6 is 35.0 Å². The Bertz CT molecular complexity index is 913. The molecule has 0 unspecified atom stereocenters. The van der Waals surface area contributed by atoms with Gasteiger partial charge in [0, 0.05) is 18.7 Å². The number of hydrogen-bond acceptors (Lipinski definition) is 4. The Morgan fingerprint density at radius 3 is 2.39 bits per heavy atom. The van der Waals surface area contributed by atoms with Gasteiger partial charge in [0.2, 0.25) is 0 Å². The van der Waals surface area contributed by atoms with Crippen LogP contribution in [-0.2, 0) is 25.1 Å². The summed E-state index contributed by atoms with van der Waals surface area (Å²) in [6.45, 7) is 2.98. The smallest absolute Gasteiger partial charge is 0.191 e. The molecule has 0 aliphatic heterocycles. The maximum Gasteiger partial charge on any atom is 0.191 e. The van der Waals surface area contributed by atoms with Gasteiger partial charge in [0.1, 0.15) is 11.6 Å². The standard InChI is InChI=1S/C21H23Cl2N3OS/c1-3-26-20(6-4-5-15-7-10-17(27-2)11-8-15)24-25-21(26)28-14-16-9-12-18(22)19(23)13-16/h7-13H,3-6,14H2,1-2H3. The fourth-order valence-corrected chi connectivity index (χ4v) is 4.23. The van der Waals surface area contributed by atoms with E-state index in [1.54, 1.807) is 18.9 Å². The van der Waals surface area contributed by atoms with Crippen LogP contribution in [0.4, 0.5) is 0 Å². The molecule has 0 fully saturated rings. The highest BCUT2D eigenvalue weighted by Gasteiger charge is 2.12. The molecule has 1 aromatic heterocycles. The normalized spacial score (nSPS) is 11.0. The summed E-state index contributed by atoms with van der Waals surface area (Å²) < 4.78 is 7.40. The van der Waals surface area contributed by atoms with Gasteiger partial charge in [0.25, 0.3) is 0 Å². The van der Waals surface area contributed by atoms with Crippen LogP contribution < -0.4 is 4.74 Å². The van der Waals surface area contributed by atoms with E-state index in [-0.39, 0.29) is 0 Å². The average Bonchev–Trinajstić information content (AvgIpc) is 3.11. The van der Waals surface area contributed by atoms with Gasteiger partial charge < -0.3 is 9.30 Å². The van der Waals surface area contributed by atoms with Gasteiger partial charge in [0.05, 0.1) is 17.2 Å². The van der Waals surface area contributed by atoms with Crippen molar-refractivity contribution in [3.63, 3.8) is 0 Å². The van der Waals surface area contributed by atoms with Gasteiger partial charge in [-0.25, -0.2) is 0 Å². The molecule has 0 aliphatic rings. The number of ether oxygens (including phenoxy) is 1. The first-order valence-electron chi connectivity index (χ1n) is 9.22. The zero-order chi connectivity index (χ0) is 19.9. The third kappa shape index (κ3) is 5.43. The monoisotopic (exact) mass is 435 g/mol. The van der Waals surface area contributed by atoms with E-state index in [9.17, 15) is 0 Å². The second-order valence-electron chi connectivity index (χ2n) is 6.38.